The van der Waals surface area contributed by atoms with Gasteiger partial charge in [-0.05, 0) is 77.5 Å². The van der Waals surface area contributed by atoms with E-state index in [-0.39, 0.29) is 0 Å². The van der Waals surface area contributed by atoms with Crippen LogP contribution in [0.15, 0.2) is 159 Å². The number of aromatic nitrogens is 1. The van der Waals surface area contributed by atoms with Gasteiger partial charge in [0, 0.05) is 39.2 Å². The Balaban J connectivity index is 1.22. The van der Waals surface area contributed by atoms with Crippen LogP contribution in [0, 0.1) is 0 Å². The van der Waals surface area contributed by atoms with Crippen molar-refractivity contribution in [2.24, 2.45) is 0 Å². The zero-order valence-electron chi connectivity index (χ0n) is 24.5. The van der Waals surface area contributed by atoms with Gasteiger partial charge in [-0.25, -0.2) is 4.98 Å². The van der Waals surface area contributed by atoms with Gasteiger partial charge in [0.2, 0.25) is 5.89 Å². The van der Waals surface area contributed by atoms with Crippen molar-refractivity contribution in [3.63, 3.8) is 0 Å². The molecule has 0 radical (unpaired) electrons. The van der Waals surface area contributed by atoms with Crippen LogP contribution in [0.1, 0.15) is 0 Å². The van der Waals surface area contributed by atoms with Crippen LogP contribution in [-0.2, 0) is 0 Å². The lowest BCUT2D eigenvalue weighted by Gasteiger charge is -2.26. The molecule has 5 heteroatoms. The van der Waals surface area contributed by atoms with Crippen LogP contribution in [-0.4, -0.2) is 4.98 Å². The van der Waals surface area contributed by atoms with Gasteiger partial charge in [-0.2, -0.15) is 0 Å². The van der Waals surface area contributed by atoms with Gasteiger partial charge in [0.05, 0.1) is 11.1 Å². The topological polar surface area (TPSA) is 55.6 Å². The van der Waals surface area contributed by atoms with Crippen LogP contribution < -0.4 is 4.90 Å². The zero-order valence-corrected chi connectivity index (χ0v) is 24.5. The van der Waals surface area contributed by atoms with E-state index >= 15 is 0 Å². The molecule has 46 heavy (non-hydrogen) atoms. The van der Waals surface area contributed by atoms with Crippen LogP contribution in [0.4, 0.5) is 17.1 Å². The fourth-order valence-electron chi connectivity index (χ4n) is 6.80. The lowest BCUT2D eigenvalue weighted by molar-refractivity contribution is 0.620. The molecule has 10 rings (SSSR count). The minimum absolute atomic E-state index is 0.579. The number of para-hydroxylation sites is 3. The summed E-state index contributed by atoms with van der Waals surface area (Å²) in [7, 11) is 0. The summed E-state index contributed by atoms with van der Waals surface area (Å²) in [5.74, 6) is 0.579. The van der Waals surface area contributed by atoms with E-state index in [1.807, 2.05) is 60.7 Å². The highest BCUT2D eigenvalue weighted by Crippen LogP contribution is 2.45. The fraction of sp³-hybridized carbons (Fsp3) is 0. The summed E-state index contributed by atoms with van der Waals surface area (Å²) < 4.78 is 19.1. The molecule has 0 N–H and O–H groups in total. The van der Waals surface area contributed by atoms with Gasteiger partial charge in [0.25, 0.3) is 0 Å². The second kappa shape index (κ2) is 9.58. The molecule has 0 fully saturated rings. The third-order valence-corrected chi connectivity index (χ3v) is 8.88. The Morgan fingerprint density at radius 3 is 2.02 bits per heavy atom. The molecule has 7 aromatic carbocycles. The lowest BCUT2D eigenvalue weighted by Crippen LogP contribution is -2.10. The minimum Gasteiger partial charge on any atom is -0.456 e. The van der Waals surface area contributed by atoms with E-state index in [0.717, 1.165) is 77.6 Å². The minimum atomic E-state index is 0.579. The first-order valence-electron chi connectivity index (χ1n) is 15.3. The first-order valence-corrected chi connectivity index (χ1v) is 15.3. The molecule has 3 heterocycles. The van der Waals surface area contributed by atoms with E-state index in [1.165, 1.54) is 10.8 Å². The van der Waals surface area contributed by atoms with Gasteiger partial charge in [-0.1, -0.05) is 72.8 Å². The highest BCUT2D eigenvalue weighted by molar-refractivity contribution is 6.15. The molecule has 0 aliphatic heterocycles. The molecule has 0 atom stereocenters. The van der Waals surface area contributed by atoms with Crippen molar-refractivity contribution >= 4 is 82.8 Å². The zero-order chi connectivity index (χ0) is 30.2. The van der Waals surface area contributed by atoms with Crippen LogP contribution in [0.25, 0.3) is 77.2 Å². The first kappa shape index (κ1) is 25.0. The standard InChI is InChI=1S/C41H24N2O3/c1-2-10-26-23-27(20-19-25(26)9-1)43(33-14-8-18-37-40(33)29-11-3-5-15-34(29)44-37)28-21-22-30-38(24-28)45-36-17-7-12-31(39(30)36)41-42-32-13-4-6-16-35(32)46-41/h1-24H. The second-order valence-electron chi connectivity index (χ2n) is 11.6. The predicted molar refractivity (Wildman–Crippen MR) is 186 cm³/mol. The number of benzene rings is 7. The smallest absolute Gasteiger partial charge is 0.228 e. The van der Waals surface area contributed by atoms with E-state index < -0.39 is 0 Å². The Kier molecular flexibility index (Phi) is 5.22. The van der Waals surface area contributed by atoms with Crippen molar-refractivity contribution in [1.82, 2.24) is 4.98 Å². The number of anilines is 3. The van der Waals surface area contributed by atoms with Crippen molar-refractivity contribution in [3.05, 3.63) is 146 Å². The summed E-state index contributed by atoms with van der Waals surface area (Å²) in [6.45, 7) is 0. The monoisotopic (exact) mass is 592 g/mol. The van der Waals surface area contributed by atoms with Crippen molar-refractivity contribution < 1.29 is 13.3 Å². The SMILES string of the molecule is c1ccc2cc(N(c3ccc4c(c3)oc3cccc(-c5nc6ccccc6o5)c34)c3cccc4oc5ccccc5c34)ccc2c1. The quantitative estimate of drug-likeness (QED) is 0.203. The Labute approximate surface area is 262 Å². The Bertz CT molecular complexity index is 2750. The maximum absolute atomic E-state index is 6.55. The van der Waals surface area contributed by atoms with Crippen molar-refractivity contribution in [3.8, 4) is 11.5 Å². The normalized spacial score (nSPS) is 11.9. The molecule has 10 aromatic rings. The van der Waals surface area contributed by atoms with Gasteiger partial charge in [-0.3, -0.25) is 0 Å². The van der Waals surface area contributed by atoms with Crippen LogP contribution >= 0.6 is 0 Å². The number of rotatable bonds is 4. The number of hydrogen-bond donors (Lipinski definition) is 0. The van der Waals surface area contributed by atoms with Crippen molar-refractivity contribution in [2.45, 2.75) is 0 Å². The molecule has 0 saturated carbocycles. The van der Waals surface area contributed by atoms with E-state index in [4.69, 9.17) is 18.2 Å². The molecule has 0 amide bonds. The highest BCUT2D eigenvalue weighted by Gasteiger charge is 2.22. The molecule has 5 nitrogen and oxygen atoms in total. The molecule has 216 valence electrons. The molecule has 0 spiro atoms. The van der Waals surface area contributed by atoms with Crippen molar-refractivity contribution in [2.75, 3.05) is 4.90 Å². The maximum Gasteiger partial charge on any atom is 0.228 e. The summed E-state index contributed by atoms with van der Waals surface area (Å²) in [6, 6.07) is 49.8. The number of furan rings is 2. The van der Waals surface area contributed by atoms with Gasteiger partial charge < -0.3 is 18.2 Å². The third-order valence-electron chi connectivity index (χ3n) is 8.88. The maximum atomic E-state index is 6.55. The number of oxazole rings is 1. The Morgan fingerprint density at radius 2 is 1.11 bits per heavy atom. The molecule has 0 aliphatic rings. The van der Waals surface area contributed by atoms with E-state index in [9.17, 15) is 0 Å². The number of fused-ring (bicyclic) bond motifs is 8. The van der Waals surface area contributed by atoms with Crippen LogP contribution in [0.5, 0.6) is 0 Å². The van der Waals surface area contributed by atoms with Gasteiger partial charge in [0.15, 0.2) is 5.58 Å². The predicted octanol–water partition coefficient (Wildman–Crippen LogP) is 11.9. The first-order chi connectivity index (χ1) is 22.8. The fourth-order valence-corrected chi connectivity index (χ4v) is 6.80. The number of hydrogen-bond acceptors (Lipinski definition) is 5. The molecule has 0 bridgehead atoms. The molecular formula is C41H24N2O3. The van der Waals surface area contributed by atoms with E-state index in [2.05, 4.69) is 89.8 Å². The third kappa shape index (κ3) is 3.72. The van der Waals surface area contributed by atoms with E-state index in [0.29, 0.717) is 5.89 Å². The number of nitrogens with zero attached hydrogens (tertiary/aromatic N) is 2. The Hall–Kier alpha value is -6.33. The molecular weight excluding hydrogens is 568 g/mol. The highest BCUT2D eigenvalue weighted by atomic mass is 16.4. The van der Waals surface area contributed by atoms with E-state index in [1.54, 1.807) is 0 Å². The molecule has 3 aromatic heterocycles. The summed E-state index contributed by atoms with van der Waals surface area (Å²) in [5.41, 5.74) is 8.81. The van der Waals surface area contributed by atoms with Crippen molar-refractivity contribution in [1.29, 1.82) is 0 Å². The average Bonchev–Trinajstić information content (AvgIpc) is 3.81. The molecule has 0 saturated heterocycles. The molecule has 0 unspecified atom stereocenters. The van der Waals surface area contributed by atoms with Gasteiger partial charge in [-0.15, -0.1) is 0 Å². The van der Waals surface area contributed by atoms with Crippen LogP contribution in [0.2, 0.25) is 0 Å². The summed E-state index contributed by atoms with van der Waals surface area (Å²) >= 11 is 0. The second-order valence-corrected chi connectivity index (χ2v) is 11.6. The summed E-state index contributed by atoms with van der Waals surface area (Å²) in [6.07, 6.45) is 0. The molecule has 0 aliphatic carbocycles. The van der Waals surface area contributed by atoms with Gasteiger partial charge in [0.1, 0.15) is 27.8 Å². The van der Waals surface area contributed by atoms with Crippen LogP contribution in [0.3, 0.4) is 0 Å². The Morgan fingerprint density at radius 1 is 0.435 bits per heavy atom. The summed E-state index contributed by atoms with van der Waals surface area (Å²) in [5, 5.41) is 6.48. The largest absolute Gasteiger partial charge is 0.456 e. The van der Waals surface area contributed by atoms with Gasteiger partial charge >= 0.3 is 0 Å². The average molecular weight is 593 g/mol. The summed E-state index contributed by atoms with van der Waals surface area (Å²) in [4.78, 5) is 7.09. The lowest BCUT2D eigenvalue weighted by atomic mass is 10.0.